The molecule has 1 heteroatoms. The highest BCUT2D eigenvalue weighted by molar-refractivity contribution is 5.30. The minimum Gasteiger partial charge on any atom is -0.294 e. The van der Waals surface area contributed by atoms with Crippen molar-refractivity contribution in [2.75, 3.05) is 0 Å². The van der Waals surface area contributed by atoms with Gasteiger partial charge in [-0.05, 0) is 61.0 Å². The lowest BCUT2D eigenvalue weighted by Gasteiger charge is -2.45. The Morgan fingerprint density at radius 3 is 1.88 bits per heavy atom. The molecule has 0 unspecified atom stereocenters. The fourth-order valence-corrected chi connectivity index (χ4v) is 5.72. The van der Waals surface area contributed by atoms with Crippen molar-refractivity contribution in [3.05, 3.63) is 35.4 Å². The van der Waals surface area contributed by atoms with Crippen LogP contribution in [0.2, 0.25) is 0 Å². The summed E-state index contributed by atoms with van der Waals surface area (Å²) in [7, 11) is 0. The predicted octanol–water partition coefficient (Wildman–Crippen LogP) is 6.03. The zero-order chi connectivity index (χ0) is 16.7. The zero-order valence-electron chi connectivity index (χ0n) is 15.9. The molecule has 24 heavy (non-hydrogen) atoms. The van der Waals surface area contributed by atoms with Crippen LogP contribution in [0.15, 0.2) is 24.3 Å². The maximum Gasteiger partial charge on any atom is 0.0107 e. The van der Waals surface area contributed by atoms with Gasteiger partial charge in [0.1, 0.15) is 0 Å². The smallest absolute Gasteiger partial charge is 0.0107 e. The number of nitrogens with zero attached hydrogens (tertiary/aromatic N) is 1. The molecule has 0 aromatic heterocycles. The van der Waals surface area contributed by atoms with Crippen molar-refractivity contribution in [1.29, 1.82) is 0 Å². The first kappa shape index (κ1) is 16.6. The summed E-state index contributed by atoms with van der Waals surface area (Å²) < 4.78 is 0. The lowest BCUT2D eigenvalue weighted by Crippen LogP contribution is -2.49. The Kier molecular flexibility index (Phi) is 4.49. The Labute approximate surface area is 148 Å². The van der Waals surface area contributed by atoms with Gasteiger partial charge < -0.3 is 0 Å². The zero-order valence-corrected chi connectivity index (χ0v) is 15.9. The largest absolute Gasteiger partial charge is 0.294 e. The molecule has 0 amide bonds. The van der Waals surface area contributed by atoms with E-state index in [1.807, 2.05) is 0 Å². The Morgan fingerprint density at radius 1 is 0.750 bits per heavy atom. The SMILES string of the molecule is CC(C)(C)c1ccc([C@H]2C[C@H]3CC[C@@H](C2)N3C2CCCCC2)cc1. The van der Waals surface area contributed by atoms with E-state index >= 15 is 0 Å². The molecule has 0 radical (unpaired) electrons. The summed E-state index contributed by atoms with van der Waals surface area (Å²) in [5.74, 6) is 0.802. The standard InChI is InChI=1S/C23H35N/c1-23(2,3)19-11-9-17(10-12-19)18-15-21-13-14-22(16-18)24(21)20-7-5-4-6-8-20/h9-12,18,20-22H,4-8,13-16H2,1-3H3/t18-,21+,22-. The normalized spacial score (nSPS) is 32.2. The Balaban J connectivity index is 1.46. The predicted molar refractivity (Wildman–Crippen MR) is 103 cm³/mol. The van der Waals surface area contributed by atoms with Gasteiger partial charge in [0.2, 0.25) is 0 Å². The second kappa shape index (κ2) is 6.48. The fourth-order valence-electron chi connectivity index (χ4n) is 5.72. The van der Waals surface area contributed by atoms with Crippen molar-refractivity contribution in [2.24, 2.45) is 0 Å². The van der Waals surface area contributed by atoms with Crippen LogP contribution in [0.5, 0.6) is 0 Å². The van der Waals surface area contributed by atoms with Crippen LogP contribution in [0.25, 0.3) is 0 Å². The van der Waals surface area contributed by atoms with Gasteiger partial charge in [-0.15, -0.1) is 0 Å². The van der Waals surface area contributed by atoms with Gasteiger partial charge in [-0.1, -0.05) is 64.3 Å². The van der Waals surface area contributed by atoms with Gasteiger partial charge >= 0.3 is 0 Å². The molecule has 2 saturated heterocycles. The van der Waals surface area contributed by atoms with Gasteiger partial charge in [0, 0.05) is 18.1 Å². The van der Waals surface area contributed by atoms with Gasteiger partial charge in [0.05, 0.1) is 0 Å². The third-order valence-corrected chi connectivity index (χ3v) is 7.03. The van der Waals surface area contributed by atoms with Gasteiger partial charge in [-0.25, -0.2) is 0 Å². The summed E-state index contributed by atoms with van der Waals surface area (Å²) in [6.07, 6.45) is 13.1. The third kappa shape index (κ3) is 3.17. The summed E-state index contributed by atoms with van der Waals surface area (Å²) in [6.45, 7) is 6.93. The highest BCUT2D eigenvalue weighted by Gasteiger charge is 2.44. The maximum absolute atomic E-state index is 2.99. The quantitative estimate of drug-likeness (QED) is 0.642. The van der Waals surface area contributed by atoms with Crippen LogP contribution >= 0.6 is 0 Å². The Hall–Kier alpha value is -0.820. The van der Waals surface area contributed by atoms with Gasteiger partial charge in [-0.2, -0.15) is 0 Å². The van der Waals surface area contributed by atoms with E-state index in [1.54, 1.807) is 5.56 Å². The number of fused-ring (bicyclic) bond motifs is 2. The second-order valence-electron chi connectivity index (χ2n) is 9.66. The second-order valence-corrected chi connectivity index (χ2v) is 9.66. The maximum atomic E-state index is 2.99. The summed E-state index contributed by atoms with van der Waals surface area (Å²) in [5, 5.41) is 0. The summed E-state index contributed by atoms with van der Waals surface area (Å²) in [4.78, 5) is 2.99. The molecule has 2 heterocycles. The molecular formula is C23H35N. The third-order valence-electron chi connectivity index (χ3n) is 7.03. The van der Waals surface area contributed by atoms with Crippen LogP contribution < -0.4 is 0 Å². The number of rotatable bonds is 2. The van der Waals surface area contributed by atoms with E-state index in [1.165, 1.54) is 63.4 Å². The van der Waals surface area contributed by atoms with Crippen LogP contribution in [0.3, 0.4) is 0 Å². The van der Waals surface area contributed by atoms with Crippen LogP contribution in [-0.4, -0.2) is 23.0 Å². The fraction of sp³-hybridized carbons (Fsp3) is 0.739. The molecule has 4 rings (SSSR count). The van der Waals surface area contributed by atoms with Crippen molar-refractivity contribution in [1.82, 2.24) is 4.90 Å². The van der Waals surface area contributed by atoms with E-state index in [-0.39, 0.29) is 5.41 Å². The van der Waals surface area contributed by atoms with Crippen LogP contribution in [0.1, 0.15) is 95.6 Å². The molecule has 3 aliphatic rings. The van der Waals surface area contributed by atoms with E-state index in [4.69, 9.17) is 0 Å². The molecular weight excluding hydrogens is 290 g/mol. The number of piperidine rings is 1. The Bertz CT molecular complexity index is 532. The molecule has 132 valence electrons. The van der Waals surface area contributed by atoms with Crippen LogP contribution in [0, 0.1) is 0 Å². The molecule has 1 aliphatic carbocycles. The van der Waals surface area contributed by atoms with Gasteiger partial charge in [-0.3, -0.25) is 4.90 Å². The van der Waals surface area contributed by atoms with Gasteiger partial charge in [0.25, 0.3) is 0 Å². The number of benzene rings is 1. The summed E-state index contributed by atoms with van der Waals surface area (Å²) in [5.41, 5.74) is 3.33. The molecule has 3 atom stereocenters. The Morgan fingerprint density at radius 2 is 1.33 bits per heavy atom. The molecule has 1 saturated carbocycles. The average molecular weight is 326 g/mol. The molecule has 0 spiro atoms. The molecule has 3 fully saturated rings. The van der Waals surface area contributed by atoms with E-state index in [9.17, 15) is 0 Å². The first-order valence-electron chi connectivity index (χ1n) is 10.4. The van der Waals surface area contributed by atoms with Crippen molar-refractivity contribution < 1.29 is 0 Å². The minimum absolute atomic E-state index is 0.266. The molecule has 0 N–H and O–H groups in total. The average Bonchev–Trinajstić information content (AvgIpc) is 2.85. The first-order valence-corrected chi connectivity index (χ1v) is 10.4. The highest BCUT2D eigenvalue weighted by Crippen LogP contribution is 2.46. The van der Waals surface area contributed by atoms with E-state index in [2.05, 4.69) is 49.9 Å². The highest BCUT2D eigenvalue weighted by atomic mass is 15.2. The number of hydrogen-bond donors (Lipinski definition) is 0. The molecule has 2 bridgehead atoms. The summed E-state index contributed by atoms with van der Waals surface area (Å²) in [6, 6.07) is 12.3. The van der Waals surface area contributed by atoms with Crippen LogP contribution in [-0.2, 0) is 5.41 Å². The minimum atomic E-state index is 0.266. The van der Waals surface area contributed by atoms with Crippen molar-refractivity contribution in [3.63, 3.8) is 0 Å². The van der Waals surface area contributed by atoms with E-state index in [0.29, 0.717) is 0 Å². The lowest BCUT2D eigenvalue weighted by atomic mass is 9.81. The number of hydrogen-bond acceptors (Lipinski definition) is 1. The first-order chi connectivity index (χ1) is 11.5. The van der Waals surface area contributed by atoms with Crippen molar-refractivity contribution in [2.45, 2.75) is 108 Å². The van der Waals surface area contributed by atoms with Crippen molar-refractivity contribution in [3.8, 4) is 0 Å². The molecule has 1 aromatic carbocycles. The van der Waals surface area contributed by atoms with Crippen molar-refractivity contribution >= 4 is 0 Å². The van der Waals surface area contributed by atoms with E-state index < -0.39 is 0 Å². The van der Waals surface area contributed by atoms with E-state index in [0.717, 1.165) is 24.0 Å². The molecule has 1 nitrogen and oxygen atoms in total. The summed E-state index contributed by atoms with van der Waals surface area (Å²) >= 11 is 0. The monoisotopic (exact) mass is 325 g/mol. The molecule has 2 aliphatic heterocycles. The van der Waals surface area contributed by atoms with Gasteiger partial charge in [0.15, 0.2) is 0 Å². The topological polar surface area (TPSA) is 3.24 Å². The lowest BCUT2D eigenvalue weighted by molar-refractivity contribution is 0.0567. The van der Waals surface area contributed by atoms with Crippen LogP contribution in [0.4, 0.5) is 0 Å². The molecule has 1 aromatic rings.